The zero-order valence-corrected chi connectivity index (χ0v) is 14.6. The van der Waals surface area contributed by atoms with Gasteiger partial charge in [0.15, 0.2) is 5.78 Å². The summed E-state index contributed by atoms with van der Waals surface area (Å²) < 4.78 is 14.2. The van der Waals surface area contributed by atoms with Gasteiger partial charge in [0.05, 0.1) is 0 Å². The molecule has 2 heteroatoms. The number of allylic oxidation sites excluding steroid dienone is 12. The van der Waals surface area contributed by atoms with Crippen LogP contribution in [0, 0.1) is 0 Å². The molecular formula is C22H25FO. The first kappa shape index (κ1) is 21.3. The van der Waals surface area contributed by atoms with E-state index in [1.54, 1.807) is 18.2 Å². The van der Waals surface area contributed by atoms with Gasteiger partial charge in [0.2, 0.25) is 0 Å². The molecule has 0 spiro atoms. The quantitative estimate of drug-likeness (QED) is 0.341. The molecule has 1 nitrogen and oxygen atoms in total. The van der Waals surface area contributed by atoms with Gasteiger partial charge in [0.1, 0.15) is 5.83 Å². The fourth-order valence-corrected chi connectivity index (χ4v) is 1.35. The summed E-state index contributed by atoms with van der Waals surface area (Å²) in [4.78, 5) is 11.1. The predicted molar refractivity (Wildman–Crippen MR) is 103 cm³/mol. The van der Waals surface area contributed by atoms with Crippen molar-refractivity contribution in [2.45, 2.75) is 20.3 Å². The highest BCUT2D eigenvalue weighted by Gasteiger charge is 2.06. The lowest BCUT2D eigenvalue weighted by atomic mass is 10.0. The smallest absolute Gasteiger partial charge is 0.159 e. The van der Waals surface area contributed by atoms with Gasteiger partial charge in [0, 0.05) is 11.1 Å². The minimum atomic E-state index is -0.545. The van der Waals surface area contributed by atoms with Gasteiger partial charge in [-0.1, -0.05) is 76.3 Å². The highest BCUT2D eigenvalue weighted by atomic mass is 19.1. The molecule has 126 valence electrons. The molecule has 24 heavy (non-hydrogen) atoms. The van der Waals surface area contributed by atoms with Gasteiger partial charge in [-0.05, 0) is 36.1 Å². The first-order valence-corrected chi connectivity index (χ1v) is 7.47. The van der Waals surface area contributed by atoms with E-state index in [-0.39, 0.29) is 11.4 Å². The largest absolute Gasteiger partial charge is 0.295 e. The Hall–Kier alpha value is -2.74. The zero-order chi connectivity index (χ0) is 18.9. The summed E-state index contributed by atoms with van der Waals surface area (Å²) >= 11 is 0. The molecule has 0 aromatic heterocycles. The van der Waals surface area contributed by atoms with E-state index < -0.39 is 5.83 Å². The van der Waals surface area contributed by atoms with Gasteiger partial charge in [-0.2, -0.15) is 0 Å². The van der Waals surface area contributed by atoms with Crippen molar-refractivity contribution in [2.75, 3.05) is 0 Å². The molecule has 0 bridgehead atoms. The van der Waals surface area contributed by atoms with Gasteiger partial charge < -0.3 is 0 Å². The molecule has 0 aromatic rings. The lowest BCUT2D eigenvalue weighted by Crippen LogP contribution is -1.91. The van der Waals surface area contributed by atoms with Crippen molar-refractivity contribution < 1.29 is 9.18 Å². The molecule has 0 aliphatic heterocycles. The second kappa shape index (κ2) is 10.1. The minimum absolute atomic E-state index is 0.142. The maximum Gasteiger partial charge on any atom is 0.159 e. The van der Waals surface area contributed by atoms with Crippen molar-refractivity contribution in [1.29, 1.82) is 0 Å². The van der Waals surface area contributed by atoms with Crippen LogP contribution < -0.4 is 0 Å². The van der Waals surface area contributed by atoms with Crippen molar-refractivity contribution in [3.8, 4) is 0 Å². The Morgan fingerprint density at radius 3 is 1.83 bits per heavy atom. The van der Waals surface area contributed by atoms with Crippen molar-refractivity contribution >= 4 is 5.78 Å². The lowest BCUT2D eigenvalue weighted by Gasteiger charge is -2.05. The van der Waals surface area contributed by atoms with Crippen LogP contribution in [0.25, 0.3) is 0 Å². The van der Waals surface area contributed by atoms with Crippen LogP contribution in [0.1, 0.15) is 20.3 Å². The summed E-state index contributed by atoms with van der Waals surface area (Å²) in [7, 11) is 0. The SMILES string of the molecule is C=C(/C=C\C(=C)C(=C)/C(F)=C\C(=C)C(=C)/C=C\C(=C)C(C)=O)CC. The van der Waals surface area contributed by atoms with Gasteiger partial charge in [-0.3, -0.25) is 4.79 Å². The molecule has 0 saturated heterocycles. The van der Waals surface area contributed by atoms with Crippen LogP contribution in [0.4, 0.5) is 4.39 Å². The predicted octanol–water partition coefficient (Wildman–Crippen LogP) is 6.29. The van der Waals surface area contributed by atoms with Crippen molar-refractivity contribution in [1.82, 2.24) is 0 Å². The molecule has 0 aromatic carbocycles. The molecule has 0 rings (SSSR count). The molecule has 0 heterocycles. The number of ketones is 1. The van der Waals surface area contributed by atoms with Gasteiger partial charge in [-0.25, -0.2) is 4.39 Å². The molecule has 0 N–H and O–H groups in total. The third-order valence-electron chi connectivity index (χ3n) is 3.30. The standard InChI is InChI=1S/C22H25FO/c1-9-15(2)10-11-17(4)20(7)22(23)14-19(6)16(3)12-13-18(5)21(8)24/h10-14H,2-7,9H2,1,8H3/b11-10-,13-12-,22-14+. The molecular weight excluding hydrogens is 299 g/mol. The van der Waals surface area contributed by atoms with Crippen molar-refractivity contribution in [2.24, 2.45) is 0 Å². The minimum Gasteiger partial charge on any atom is -0.295 e. The van der Waals surface area contributed by atoms with E-state index in [1.165, 1.54) is 19.1 Å². The van der Waals surface area contributed by atoms with Crippen LogP contribution >= 0.6 is 0 Å². The maximum absolute atomic E-state index is 14.2. The second-order valence-corrected chi connectivity index (χ2v) is 5.31. The van der Waals surface area contributed by atoms with Crippen LogP contribution in [0.2, 0.25) is 0 Å². The average molecular weight is 324 g/mol. The van der Waals surface area contributed by atoms with E-state index in [1.807, 2.05) is 6.92 Å². The summed E-state index contributed by atoms with van der Waals surface area (Å²) in [6.07, 6.45) is 8.59. The first-order valence-electron chi connectivity index (χ1n) is 7.47. The van der Waals surface area contributed by atoms with Crippen LogP contribution in [0.3, 0.4) is 0 Å². The number of carbonyl (C=O) groups is 1. The van der Waals surface area contributed by atoms with Gasteiger partial charge in [0.25, 0.3) is 0 Å². The highest BCUT2D eigenvalue weighted by Crippen LogP contribution is 2.22. The third-order valence-corrected chi connectivity index (χ3v) is 3.30. The molecule has 0 saturated carbocycles. The molecule has 0 amide bonds. The normalized spacial score (nSPS) is 11.5. The van der Waals surface area contributed by atoms with Crippen LogP contribution in [0.15, 0.2) is 109 Å². The Morgan fingerprint density at radius 1 is 0.833 bits per heavy atom. The fourth-order valence-electron chi connectivity index (χ4n) is 1.35. The molecule has 0 atom stereocenters. The Kier molecular flexibility index (Phi) is 8.96. The number of Topliss-reactive ketones (excluding diaryl/α,β-unsaturated/α-hetero) is 1. The first-order chi connectivity index (χ1) is 11.1. The number of hydrogen-bond donors (Lipinski definition) is 0. The van der Waals surface area contributed by atoms with Crippen LogP contribution in [-0.2, 0) is 4.79 Å². The van der Waals surface area contributed by atoms with Gasteiger partial charge in [-0.15, -0.1) is 0 Å². The molecule has 0 radical (unpaired) electrons. The summed E-state index contributed by atoms with van der Waals surface area (Å²) in [6, 6.07) is 0. The average Bonchev–Trinajstić information content (AvgIpc) is 2.55. The van der Waals surface area contributed by atoms with E-state index in [2.05, 4.69) is 39.5 Å². The second-order valence-electron chi connectivity index (χ2n) is 5.31. The number of rotatable bonds is 10. The van der Waals surface area contributed by atoms with Crippen molar-refractivity contribution in [3.63, 3.8) is 0 Å². The number of hydrogen-bond acceptors (Lipinski definition) is 1. The summed E-state index contributed by atoms with van der Waals surface area (Å²) in [6.45, 7) is 25.9. The van der Waals surface area contributed by atoms with E-state index in [0.717, 1.165) is 12.0 Å². The lowest BCUT2D eigenvalue weighted by molar-refractivity contribution is -0.113. The topological polar surface area (TPSA) is 17.1 Å². The van der Waals surface area contributed by atoms with Crippen molar-refractivity contribution in [3.05, 3.63) is 109 Å². The Morgan fingerprint density at radius 2 is 1.33 bits per heavy atom. The Bertz CT molecular complexity index is 693. The number of halogens is 1. The molecule has 0 unspecified atom stereocenters. The van der Waals surface area contributed by atoms with E-state index in [9.17, 15) is 9.18 Å². The molecule has 0 fully saturated rings. The zero-order valence-electron chi connectivity index (χ0n) is 14.6. The van der Waals surface area contributed by atoms with E-state index in [0.29, 0.717) is 22.3 Å². The summed E-state index contributed by atoms with van der Waals surface area (Å²) in [5, 5.41) is 0. The highest BCUT2D eigenvalue weighted by molar-refractivity contribution is 5.95. The summed E-state index contributed by atoms with van der Waals surface area (Å²) in [5.41, 5.74) is 2.73. The third kappa shape index (κ3) is 7.50. The molecule has 0 aliphatic carbocycles. The Balaban J connectivity index is 4.99. The monoisotopic (exact) mass is 324 g/mol. The number of carbonyl (C=O) groups excluding carboxylic acids is 1. The van der Waals surface area contributed by atoms with Crippen LogP contribution in [-0.4, -0.2) is 5.78 Å². The van der Waals surface area contributed by atoms with E-state index in [4.69, 9.17) is 0 Å². The van der Waals surface area contributed by atoms with E-state index >= 15 is 0 Å². The fraction of sp³-hybridized carbons (Fsp3) is 0.136. The van der Waals surface area contributed by atoms with Gasteiger partial charge >= 0.3 is 0 Å². The maximum atomic E-state index is 14.2. The van der Waals surface area contributed by atoms with Crippen LogP contribution in [0.5, 0.6) is 0 Å². The Labute approximate surface area is 145 Å². The summed E-state index contributed by atoms with van der Waals surface area (Å²) in [5.74, 6) is -0.687. The molecule has 0 aliphatic rings.